The van der Waals surface area contributed by atoms with Crippen molar-refractivity contribution in [1.82, 2.24) is 14.9 Å². The zero-order valence-corrected chi connectivity index (χ0v) is 21.2. The predicted octanol–water partition coefficient (Wildman–Crippen LogP) is 4.76. The van der Waals surface area contributed by atoms with Crippen molar-refractivity contribution in [3.05, 3.63) is 88.7 Å². The molecular weight excluding hydrogens is 519 g/mol. The first-order valence-electron chi connectivity index (χ1n) is 12.0. The lowest BCUT2D eigenvalue weighted by molar-refractivity contribution is -0.146. The monoisotopic (exact) mass is 543 g/mol. The Morgan fingerprint density at radius 1 is 1.11 bits per heavy atom. The fourth-order valence-corrected chi connectivity index (χ4v) is 5.41. The van der Waals surface area contributed by atoms with Gasteiger partial charge in [0.25, 0.3) is 5.91 Å². The third-order valence-electron chi connectivity index (χ3n) is 6.55. The Bertz CT molecular complexity index is 1630. The zero-order chi connectivity index (χ0) is 27.1. The Morgan fingerprint density at radius 3 is 2.58 bits per heavy atom. The van der Waals surface area contributed by atoms with E-state index in [2.05, 4.69) is 10.3 Å². The van der Waals surface area contributed by atoms with Crippen LogP contribution in [0, 0.1) is 0 Å². The molecule has 3 aromatic carbocycles. The maximum atomic E-state index is 13.9. The average molecular weight is 544 g/mol. The topological polar surface area (TPSA) is 90.3 Å². The van der Waals surface area contributed by atoms with Crippen LogP contribution >= 0.6 is 0 Å². The molecule has 0 spiro atoms. The number of hydrogen-bond acceptors (Lipinski definition) is 5. The molecule has 0 unspecified atom stereocenters. The van der Waals surface area contributed by atoms with E-state index in [1.54, 1.807) is 37.3 Å². The Kier molecular flexibility index (Phi) is 6.64. The number of nitrogens with one attached hydrogen (secondary N) is 1. The van der Waals surface area contributed by atoms with Gasteiger partial charge in [0.05, 0.1) is 34.8 Å². The molecule has 1 N–H and O–H groups in total. The molecule has 0 saturated heterocycles. The molecule has 5 rings (SSSR count). The summed E-state index contributed by atoms with van der Waals surface area (Å²) in [5.74, 6) is -0.859. The van der Waals surface area contributed by atoms with E-state index in [1.165, 1.54) is 30.3 Å². The fourth-order valence-electron chi connectivity index (χ4n) is 4.52. The average Bonchev–Trinajstić information content (AvgIpc) is 3.53. The Labute approximate surface area is 217 Å². The number of aromatic nitrogens is 2. The molecule has 38 heavy (non-hydrogen) atoms. The van der Waals surface area contributed by atoms with Crippen LogP contribution in [-0.2, 0) is 35.5 Å². The molecule has 1 aliphatic rings. The van der Waals surface area contributed by atoms with Crippen LogP contribution in [0.15, 0.2) is 65.6 Å². The number of hydrogen-bond donors (Lipinski definition) is 1. The summed E-state index contributed by atoms with van der Waals surface area (Å²) >= 11 is 0. The lowest BCUT2D eigenvalue weighted by atomic mass is 10.0. The minimum Gasteiger partial charge on any atom is -0.493 e. The minimum atomic E-state index is -4.69. The highest BCUT2D eigenvalue weighted by Crippen LogP contribution is 2.34. The first kappa shape index (κ1) is 25.8. The third kappa shape index (κ3) is 4.98. The van der Waals surface area contributed by atoms with Crippen molar-refractivity contribution < 1.29 is 31.1 Å². The second kappa shape index (κ2) is 9.79. The zero-order valence-electron chi connectivity index (χ0n) is 20.4. The highest BCUT2D eigenvalue weighted by Gasteiger charge is 2.38. The van der Waals surface area contributed by atoms with E-state index in [4.69, 9.17) is 4.74 Å². The number of ether oxygens (including phenoxy) is 1. The summed E-state index contributed by atoms with van der Waals surface area (Å²) in [6.45, 7) is 2.13. The molecule has 0 saturated carbocycles. The lowest BCUT2D eigenvalue weighted by Gasteiger charge is -2.13. The number of carbonyl (C=O) groups excluding carboxylic acids is 1. The molecule has 2 heterocycles. The molecule has 0 atom stereocenters. The number of benzene rings is 3. The number of nitrogens with zero attached hydrogens (tertiary/aromatic N) is 2. The Morgan fingerprint density at radius 2 is 1.87 bits per heavy atom. The van der Waals surface area contributed by atoms with Crippen molar-refractivity contribution in [2.75, 3.05) is 12.4 Å². The van der Waals surface area contributed by atoms with Crippen LogP contribution in [0.5, 0.6) is 5.75 Å². The first-order valence-corrected chi connectivity index (χ1v) is 13.6. The molecule has 1 aliphatic heterocycles. The van der Waals surface area contributed by atoms with E-state index in [9.17, 15) is 26.4 Å². The van der Waals surface area contributed by atoms with Gasteiger partial charge in [0.1, 0.15) is 5.75 Å². The quantitative estimate of drug-likeness (QED) is 0.363. The van der Waals surface area contributed by atoms with Gasteiger partial charge in [-0.3, -0.25) is 4.79 Å². The van der Waals surface area contributed by atoms with Gasteiger partial charge in [-0.15, -0.1) is 0 Å². The number of imidazole rings is 1. The third-order valence-corrected chi connectivity index (χ3v) is 8.30. The van der Waals surface area contributed by atoms with E-state index >= 15 is 0 Å². The predicted molar refractivity (Wildman–Crippen MR) is 135 cm³/mol. The van der Waals surface area contributed by atoms with Crippen LogP contribution in [0.25, 0.3) is 11.0 Å². The van der Waals surface area contributed by atoms with Gasteiger partial charge in [-0.25, -0.2) is 13.4 Å². The lowest BCUT2D eigenvalue weighted by Crippen LogP contribution is -2.22. The molecule has 7 nitrogen and oxygen atoms in total. The number of carbonyl (C=O) groups is 1. The number of fused-ring (bicyclic) bond motifs is 2. The molecule has 4 aromatic rings. The summed E-state index contributed by atoms with van der Waals surface area (Å²) < 4.78 is 72.4. The number of halogens is 3. The van der Waals surface area contributed by atoms with E-state index < -0.39 is 27.7 Å². The summed E-state index contributed by atoms with van der Waals surface area (Å²) in [6.07, 6.45) is -4.06. The van der Waals surface area contributed by atoms with Crippen molar-refractivity contribution in [3.63, 3.8) is 0 Å². The van der Waals surface area contributed by atoms with E-state index in [0.717, 1.165) is 15.7 Å². The van der Waals surface area contributed by atoms with Crippen molar-refractivity contribution >= 4 is 26.8 Å². The maximum absolute atomic E-state index is 13.9. The Balaban J connectivity index is 1.39. The van der Waals surface area contributed by atoms with Gasteiger partial charge in [-0.05, 0) is 47.5 Å². The fraction of sp³-hybridized carbons (Fsp3) is 0.259. The van der Waals surface area contributed by atoms with Crippen molar-refractivity contribution in [3.8, 4) is 5.75 Å². The van der Waals surface area contributed by atoms with Gasteiger partial charge < -0.3 is 14.6 Å². The summed E-state index contributed by atoms with van der Waals surface area (Å²) in [5.41, 5.74) is 2.77. The van der Waals surface area contributed by atoms with Gasteiger partial charge in [0.15, 0.2) is 9.84 Å². The molecular formula is C27H24F3N3O4S. The van der Waals surface area contributed by atoms with E-state index in [-0.39, 0.29) is 40.3 Å². The minimum absolute atomic E-state index is 0.0145. The first-order chi connectivity index (χ1) is 18.1. The van der Waals surface area contributed by atoms with E-state index in [1.807, 2.05) is 0 Å². The molecule has 0 fully saturated rings. The molecule has 11 heteroatoms. The van der Waals surface area contributed by atoms with Crippen molar-refractivity contribution in [1.29, 1.82) is 0 Å². The standard InChI is InChI=1S/C27H24F3N3O4S/c1-2-38(35,36)20-9-6-17(7-10-20)15-31-25(34)18-8-11-23-22(14-18)32-26(27(28,29)30)33(23)16-19-4-3-5-24-21(19)12-13-37-24/h3-11,14H,2,12-13,15-16H2,1H3,(H,31,34). The molecule has 1 amide bonds. The largest absolute Gasteiger partial charge is 0.493 e. The van der Waals surface area contributed by atoms with Crippen molar-refractivity contribution in [2.24, 2.45) is 0 Å². The van der Waals surface area contributed by atoms with Crippen molar-refractivity contribution in [2.45, 2.75) is 37.5 Å². The second-order valence-corrected chi connectivity index (χ2v) is 11.2. The number of rotatable bonds is 7. The summed E-state index contributed by atoms with van der Waals surface area (Å²) in [5, 5.41) is 2.71. The highest BCUT2D eigenvalue weighted by atomic mass is 32.2. The van der Waals surface area contributed by atoms with Gasteiger partial charge in [-0.1, -0.05) is 31.2 Å². The van der Waals surface area contributed by atoms with E-state index in [0.29, 0.717) is 24.3 Å². The van der Waals surface area contributed by atoms with Crippen LogP contribution < -0.4 is 10.1 Å². The van der Waals surface area contributed by atoms with Gasteiger partial charge in [0, 0.05) is 24.1 Å². The smallest absolute Gasteiger partial charge is 0.449 e. The maximum Gasteiger partial charge on any atom is 0.449 e. The van der Waals surface area contributed by atoms with Gasteiger partial charge in [0.2, 0.25) is 5.82 Å². The second-order valence-electron chi connectivity index (χ2n) is 8.95. The Hall–Kier alpha value is -3.86. The summed E-state index contributed by atoms with van der Waals surface area (Å²) in [7, 11) is -3.33. The van der Waals surface area contributed by atoms with Crippen LogP contribution in [0.3, 0.4) is 0 Å². The van der Waals surface area contributed by atoms with Gasteiger partial charge >= 0.3 is 6.18 Å². The van der Waals surface area contributed by atoms with Gasteiger partial charge in [-0.2, -0.15) is 13.2 Å². The summed E-state index contributed by atoms with van der Waals surface area (Å²) in [4.78, 5) is 16.8. The normalized spacial score (nSPS) is 13.4. The molecule has 0 bridgehead atoms. The molecule has 1 aromatic heterocycles. The number of sulfone groups is 1. The summed E-state index contributed by atoms with van der Waals surface area (Å²) in [6, 6.07) is 15.8. The number of alkyl halides is 3. The molecule has 0 radical (unpaired) electrons. The van der Waals surface area contributed by atoms with Crippen LogP contribution in [-0.4, -0.2) is 36.2 Å². The van der Waals surface area contributed by atoms with Crippen LogP contribution in [0.2, 0.25) is 0 Å². The molecule has 198 valence electrons. The van der Waals surface area contributed by atoms with Crippen LogP contribution in [0.1, 0.15) is 39.8 Å². The highest BCUT2D eigenvalue weighted by molar-refractivity contribution is 7.91. The SMILES string of the molecule is CCS(=O)(=O)c1ccc(CNC(=O)c2ccc3c(c2)nc(C(F)(F)F)n3Cc2cccc3c2CCO3)cc1. The van der Waals surface area contributed by atoms with Crippen LogP contribution in [0.4, 0.5) is 13.2 Å². The molecule has 0 aliphatic carbocycles. The number of amides is 1.